The summed E-state index contributed by atoms with van der Waals surface area (Å²) >= 11 is 3.44. The summed E-state index contributed by atoms with van der Waals surface area (Å²) in [7, 11) is 0. The summed E-state index contributed by atoms with van der Waals surface area (Å²) in [5, 5.41) is 21.0. The number of nitrogens with zero attached hydrogens (tertiary/aromatic N) is 5. The fourth-order valence-corrected chi connectivity index (χ4v) is 2.31. The van der Waals surface area contributed by atoms with Crippen LogP contribution in [0.2, 0.25) is 0 Å². The minimum atomic E-state index is 0.0575. The molecule has 3 aromatic rings. The molecule has 0 aliphatic carbocycles. The molecule has 0 radical (unpaired) electrons. The number of hydrogen-bond donors (Lipinski definition) is 1. The standard InChI is InChI=1S/C12H7BrN6/c13-9-10(7-4-2-1-3-5-7)18-19-11(15)8(6-14)16-17-12(9)19/h1-5H,15H2. The zero-order valence-corrected chi connectivity index (χ0v) is 11.2. The fraction of sp³-hybridized carbons (Fsp3) is 0. The van der Waals surface area contributed by atoms with Gasteiger partial charge in [0.2, 0.25) is 5.69 Å². The Morgan fingerprint density at radius 3 is 2.63 bits per heavy atom. The third-order valence-electron chi connectivity index (χ3n) is 2.67. The van der Waals surface area contributed by atoms with Gasteiger partial charge in [-0.2, -0.15) is 14.9 Å². The summed E-state index contributed by atoms with van der Waals surface area (Å²) < 4.78 is 2.11. The summed E-state index contributed by atoms with van der Waals surface area (Å²) in [4.78, 5) is 0. The Bertz CT molecular complexity index is 802. The molecule has 0 amide bonds. The molecule has 3 rings (SSSR count). The highest BCUT2D eigenvalue weighted by atomic mass is 79.9. The first-order valence-electron chi connectivity index (χ1n) is 5.38. The number of fused-ring (bicyclic) bond motifs is 1. The monoisotopic (exact) mass is 314 g/mol. The van der Waals surface area contributed by atoms with Gasteiger partial charge in [-0.25, -0.2) is 0 Å². The Balaban J connectivity index is 2.33. The van der Waals surface area contributed by atoms with Gasteiger partial charge in [0.1, 0.15) is 11.8 Å². The van der Waals surface area contributed by atoms with Crippen molar-refractivity contribution in [1.82, 2.24) is 19.8 Å². The van der Waals surface area contributed by atoms with E-state index in [4.69, 9.17) is 11.0 Å². The van der Waals surface area contributed by atoms with Gasteiger partial charge in [-0.15, -0.1) is 10.2 Å². The average Bonchev–Trinajstić information content (AvgIpc) is 2.79. The van der Waals surface area contributed by atoms with Crippen molar-refractivity contribution in [3.8, 4) is 17.3 Å². The van der Waals surface area contributed by atoms with Gasteiger partial charge < -0.3 is 5.73 Å². The largest absolute Gasteiger partial charge is 0.381 e. The van der Waals surface area contributed by atoms with E-state index in [-0.39, 0.29) is 11.5 Å². The Kier molecular flexibility index (Phi) is 2.65. The van der Waals surface area contributed by atoms with Gasteiger partial charge in [-0.1, -0.05) is 30.3 Å². The second-order valence-corrected chi connectivity index (χ2v) is 4.60. The normalized spacial score (nSPS) is 10.5. The predicted octanol–water partition coefficient (Wildman–Crippen LogP) is 2.01. The van der Waals surface area contributed by atoms with Crippen molar-refractivity contribution in [3.05, 3.63) is 40.5 Å². The number of benzene rings is 1. The number of halogens is 1. The van der Waals surface area contributed by atoms with Gasteiger partial charge >= 0.3 is 0 Å². The number of aromatic nitrogens is 4. The maximum Gasteiger partial charge on any atom is 0.205 e. The van der Waals surface area contributed by atoms with Crippen LogP contribution in [0.5, 0.6) is 0 Å². The summed E-state index contributed by atoms with van der Waals surface area (Å²) in [6, 6.07) is 11.5. The Hall–Kier alpha value is -2.46. The first-order chi connectivity index (χ1) is 9.22. The van der Waals surface area contributed by atoms with Crippen molar-refractivity contribution < 1.29 is 0 Å². The molecule has 2 aromatic heterocycles. The molecule has 92 valence electrons. The van der Waals surface area contributed by atoms with E-state index < -0.39 is 0 Å². The third kappa shape index (κ3) is 1.73. The lowest BCUT2D eigenvalue weighted by molar-refractivity contribution is 0.893. The molecule has 0 unspecified atom stereocenters. The van der Waals surface area contributed by atoms with Crippen molar-refractivity contribution in [1.29, 1.82) is 5.26 Å². The van der Waals surface area contributed by atoms with E-state index in [0.717, 1.165) is 5.56 Å². The molecule has 6 nitrogen and oxygen atoms in total. The van der Waals surface area contributed by atoms with Crippen LogP contribution in [0.4, 0.5) is 5.82 Å². The number of nitrogen functional groups attached to an aromatic ring is 1. The van der Waals surface area contributed by atoms with Gasteiger partial charge in [0, 0.05) is 5.56 Å². The van der Waals surface area contributed by atoms with Gasteiger partial charge in [-0.05, 0) is 15.9 Å². The molecule has 2 N–H and O–H groups in total. The summed E-state index contributed by atoms with van der Waals surface area (Å²) in [5.41, 5.74) is 8.02. The Morgan fingerprint density at radius 2 is 1.95 bits per heavy atom. The van der Waals surface area contributed by atoms with E-state index in [1.807, 2.05) is 36.4 Å². The molecule has 0 aliphatic heterocycles. The molecule has 0 fully saturated rings. The van der Waals surface area contributed by atoms with E-state index in [1.54, 1.807) is 0 Å². The average molecular weight is 315 g/mol. The lowest BCUT2D eigenvalue weighted by atomic mass is 10.2. The summed E-state index contributed by atoms with van der Waals surface area (Å²) in [6.45, 7) is 0. The fourth-order valence-electron chi connectivity index (χ4n) is 1.75. The minimum Gasteiger partial charge on any atom is -0.381 e. The molecule has 0 aliphatic rings. The predicted molar refractivity (Wildman–Crippen MR) is 73.0 cm³/mol. The first kappa shape index (κ1) is 11.6. The molecule has 2 heterocycles. The molecular formula is C12H7BrN6. The van der Waals surface area contributed by atoms with Crippen LogP contribution in [-0.4, -0.2) is 19.8 Å². The Labute approximate surface area is 116 Å². The number of anilines is 1. The number of nitrogens with two attached hydrogens (primary N) is 1. The van der Waals surface area contributed by atoms with E-state index in [2.05, 4.69) is 31.2 Å². The molecule has 0 atom stereocenters. The molecule has 0 saturated carbocycles. The zero-order chi connectivity index (χ0) is 13.4. The van der Waals surface area contributed by atoms with E-state index in [1.165, 1.54) is 4.52 Å². The number of nitriles is 1. The zero-order valence-electron chi connectivity index (χ0n) is 9.58. The van der Waals surface area contributed by atoms with Crippen molar-refractivity contribution in [2.24, 2.45) is 0 Å². The van der Waals surface area contributed by atoms with Gasteiger partial charge in [0.15, 0.2) is 11.5 Å². The van der Waals surface area contributed by atoms with Crippen molar-refractivity contribution in [2.75, 3.05) is 5.73 Å². The molecule has 0 saturated heterocycles. The van der Waals surface area contributed by atoms with Crippen LogP contribution in [0.15, 0.2) is 34.8 Å². The highest BCUT2D eigenvalue weighted by Crippen LogP contribution is 2.30. The van der Waals surface area contributed by atoms with Crippen LogP contribution in [0, 0.1) is 11.3 Å². The van der Waals surface area contributed by atoms with Crippen LogP contribution < -0.4 is 5.73 Å². The van der Waals surface area contributed by atoms with Gasteiger partial charge in [0.05, 0.1) is 4.47 Å². The quantitative estimate of drug-likeness (QED) is 0.741. The number of rotatable bonds is 1. The first-order valence-corrected chi connectivity index (χ1v) is 6.17. The highest BCUT2D eigenvalue weighted by molar-refractivity contribution is 9.10. The highest BCUT2D eigenvalue weighted by Gasteiger charge is 2.17. The maximum absolute atomic E-state index is 8.89. The van der Waals surface area contributed by atoms with Gasteiger partial charge in [0.25, 0.3) is 0 Å². The molecule has 19 heavy (non-hydrogen) atoms. The molecular weight excluding hydrogens is 308 g/mol. The Morgan fingerprint density at radius 1 is 1.21 bits per heavy atom. The van der Waals surface area contributed by atoms with Crippen LogP contribution in [0.25, 0.3) is 16.9 Å². The SMILES string of the molecule is N#Cc1nnc2c(Br)c(-c3ccccc3)nn2c1N. The van der Waals surface area contributed by atoms with Crippen LogP contribution in [-0.2, 0) is 0 Å². The summed E-state index contributed by atoms with van der Waals surface area (Å²) in [5.74, 6) is 0.176. The second kappa shape index (κ2) is 4.33. The molecule has 7 heteroatoms. The molecule has 1 aromatic carbocycles. The molecule has 0 spiro atoms. The second-order valence-electron chi connectivity index (χ2n) is 3.81. The number of hydrogen-bond acceptors (Lipinski definition) is 5. The van der Waals surface area contributed by atoms with Crippen LogP contribution in [0.3, 0.4) is 0 Å². The van der Waals surface area contributed by atoms with Crippen molar-refractivity contribution in [3.63, 3.8) is 0 Å². The van der Waals surface area contributed by atoms with E-state index >= 15 is 0 Å². The van der Waals surface area contributed by atoms with Gasteiger partial charge in [-0.3, -0.25) is 0 Å². The van der Waals surface area contributed by atoms with Crippen LogP contribution in [0.1, 0.15) is 5.69 Å². The topological polar surface area (TPSA) is 92.9 Å². The smallest absolute Gasteiger partial charge is 0.205 e. The van der Waals surface area contributed by atoms with Crippen LogP contribution >= 0.6 is 15.9 Å². The maximum atomic E-state index is 8.89. The lowest BCUT2D eigenvalue weighted by Gasteiger charge is -1.97. The van der Waals surface area contributed by atoms with E-state index in [9.17, 15) is 0 Å². The molecule has 0 bridgehead atoms. The third-order valence-corrected chi connectivity index (χ3v) is 3.40. The van der Waals surface area contributed by atoms with Crippen molar-refractivity contribution in [2.45, 2.75) is 0 Å². The summed E-state index contributed by atoms with van der Waals surface area (Å²) in [6.07, 6.45) is 0. The van der Waals surface area contributed by atoms with Crippen molar-refractivity contribution >= 4 is 27.4 Å². The van der Waals surface area contributed by atoms with E-state index in [0.29, 0.717) is 15.8 Å². The lowest BCUT2D eigenvalue weighted by Crippen LogP contribution is -2.05. The minimum absolute atomic E-state index is 0.0575.